The van der Waals surface area contributed by atoms with Crippen LogP contribution in [0.5, 0.6) is 5.75 Å². The van der Waals surface area contributed by atoms with Gasteiger partial charge in [0.2, 0.25) is 0 Å². The van der Waals surface area contributed by atoms with E-state index in [0.717, 1.165) is 22.4 Å². The van der Waals surface area contributed by atoms with Crippen LogP contribution in [0, 0.1) is 0 Å². The van der Waals surface area contributed by atoms with Crippen molar-refractivity contribution in [1.82, 2.24) is 0 Å². The highest BCUT2D eigenvalue weighted by molar-refractivity contribution is 6.03. The highest BCUT2D eigenvalue weighted by atomic mass is 16.5. The van der Waals surface area contributed by atoms with Gasteiger partial charge in [-0.2, -0.15) is 0 Å². The Kier molecular flexibility index (Phi) is 3.52. The monoisotopic (exact) mass is 268 g/mol. The van der Waals surface area contributed by atoms with Crippen molar-refractivity contribution in [3.63, 3.8) is 0 Å². The Morgan fingerprint density at radius 1 is 1.10 bits per heavy atom. The van der Waals surface area contributed by atoms with Gasteiger partial charge in [-0.1, -0.05) is 36.4 Å². The van der Waals surface area contributed by atoms with E-state index >= 15 is 0 Å². The molecule has 2 aromatic carbocycles. The van der Waals surface area contributed by atoms with Gasteiger partial charge in [-0.3, -0.25) is 4.79 Å². The molecule has 1 unspecified atom stereocenters. The molecule has 0 aliphatic heterocycles. The zero-order valence-electron chi connectivity index (χ0n) is 11.3. The summed E-state index contributed by atoms with van der Waals surface area (Å²) in [7, 11) is 1.64. The minimum atomic E-state index is -0.352. The standard InChI is InChI=1S/C17H16O3/c1-19-14-8-6-12(7-9-14)11-20-16-10-13-4-2-3-5-15(13)17(16)18/h2-9,16H,10-11H2,1H3. The van der Waals surface area contributed by atoms with Gasteiger partial charge in [0.1, 0.15) is 11.9 Å². The number of ether oxygens (including phenoxy) is 2. The molecule has 2 aromatic rings. The van der Waals surface area contributed by atoms with Crippen LogP contribution in [0.15, 0.2) is 48.5 Å². The molecule has 1 aliphatic carbocycles. The molecule has 0 aromatic heterocycles. The summed E-state index contributed by atoms with van der Waals surface area (Å²) < 4.78 is 10.9. The van der Waals surface area contributed by atoms with Crippen LogP contribution in [0.4, 0.5) is 0 Å². The molecule has 3 rings (SSSR count). The van der Waals surface area contributed by atoms with Crippen molar-refractivity contribution in [3.05, 3.63) is 65.2 Å². The van der Waals surface area contributed by atoms with Crippen molar-refractivity contribution in [2.75, 3.05) is 7.11 Å². The van der Waals surface area contributed by atoms with Gasteiger partial charge in [-0.25, -0.2) is 0 Å². The third-order valence-corrected chi connectivity index (χ3v) is 3.59. The van der Waals surface area contributed by atoms with E-state index in [1.54, 1.807) is 7.11 Å². The lowest BCUT2D eigenvalue weighted by atomic mass is 10.1. The second-order valence-electron chi connectivity index (χ2n) is 4.87. The Balaban J connectivity index is 1.64. The molecule has 102 valence electrons. The molecule has 0 heterocycles. The highest BCUT2D eigenvalue weighted by Crippen LogP contribution is 2.24. The van der Waals surface area contributed by atoms with Crippen LogP contribution < -0.4 is 4.74 Å². The van der Waals surface area contributed by atoms with Gasteiger partial charge in [-0.15, -0.1) is 0 Å². The molecule has 0 radical (unpaired) electrons. The van der Waals surface area contributed by atoms with Crippen molar-refractivity contribution < 1.29 is 14.3 Å². The second-order valence-corrected chi connectivity index (χ2v) is 4.87. The molecule has 0 fully saturated rings. The summed E-state index contributed by atoms with van der Waals surface area (Å²) in [4.78, 5) is 12.2. The van der Waals surface area contributed by atoms with Gasteiger partial charge in [0.25, 0.3) is 0 Å². The minimum Gasteiger partial charge on any atom is -0.497 e. The lowest BCUT2D eigenvalue weighted by Crippen LogP contribution is -2.19. The fourth-order valence-electron chi connectivity index (χ4n) is 2.46. The van der Waals surface area contributed by atoms with E-state index in [1.165, 1.54) is 0 Å². The molecule has 3 nitrogen and oxygen atoms in total. The largest absolute Gasteiger partial charge is 0.497 e. The fraction of sp³-hybridized carbons (Fsp3) is 0.235. The summed E-state index contributed by atoms with van der Waals surface area (Å²) in [6, 6.07) is 15.4. The molecule has 0 N–H and O–H groups in total. The van der Waals surface area contributed by atoms with Crippen molar-refractivity contribution >= 4 is 5.78 Å². The molecule has 1 aliphatic rings. The molecule has 3 heteroatoms. The first-order valence-electron chi connectivity index (χ1n) is 6.64. The minimum absolute atomic E-state index is 0.0918. The summed E-state index contributed by atoms with van der Waals surface area (Å²) >= 11 is 0. The lowest BCUT2D eigenvalue weighted by Gasteiger charge is -2.10. The average molecular weight is 268 g/mol. The predicted molar refractivity (Wildman–Crippen MR) is 76.0 cm³/mol. The number of hydrogen-bond donors (Lipinski definition) is 0. The lowest BCUT2D eigenvalue weighted by molar-refractivity contribution is 0.0385. The molecule has 1 atom stereocenters. The zero-order chi connectivity index (χ0) is 13.9. The summed E-state index contributed by atoms with van der Waals surface area (Å²) in [5.74, 6) is 0.909. The first-order valence-corrected chi connectivity index (χ1v) is 6.64. The Hall–Kier alpha value is -2.13. The predicted octanol–water partition coefficient (Wildman–Crippen LogP) is 3.02. The third kappa shape index (κ3) is 2.45. The summed E-state index contributed by atoms with van der Waals surface area (Å²) in [5, 5.41) is 0. The van der Waals surface area contributed by atoms with E-state index in [4.69, 9.17) is 9.47 Å². The van der Waals surface area contributed by atoms with Crippen LogP contribution in [0.2, 0.25) is 0 Å². The number of Topliss-reactive ketones (excluding diaryl/α,β-unsaturated/α-hetero) is 1. The second kappa shape index (κ2) is 5.47. The van der Waals surface area contributed by atoms with E-state index in [0.29, 0.717) is 13.0 Å². The molecule has 0 amide bonds. The third-order valence-electron chi connectivity index (χ3n) is 3.59. The van der Waals surface area contributed by atoms with E-state index in [1.807, 2.05) is 48.5 Å². The maximum Gasteiger partial charge on any atom is 0.192 e. The van der Waals surface area contributed by atoms with E-state index in [-0.39, 0.29) is 11.9 Å². The van der Waals surface area contributed by atoms with Crippen molar-refractivity contribution in [3.8, 4) is 5.75 Å². The van der Waals surface area contributed by atoms with Gasteiger partial charge in [0.05, 0.1) is 13.7 Å². The number of fused-ring (bicyclic) bond motifs is 1. The molecule has 0 bridgehead atoms. The molecule has 0 spiro atoms. The number of ketones is 1. The Labute approximate surface area is 118 Å². The molecule has 20 heavy (non-hydrogen) atoms. The SMILES string of the molecule is COc1ccc(COC2Cc3ccccc3C2=O)cc1. The van der Waals surface area contributed by atoms with Gasteiger partial charge >= 0.3 is 0 Å². The van der Waals surface area contributed by atoms with Crippen LogP contribution in [0.1, 0.15) is 21.5 Å². The number of carbonyl (C=O) groups is 1. The first-order chi connectivity index (χ1) is 9.78. The first kappa shape index (κ1) is 12.9. The van der Waals surface area contributed by atoms with Crippen molar-refractivity contribution in [1.29, 1.82) is 0 Å². The molecular weight excluding hydrogens is 252 g/mol. The number of hydrogen-bond acceptors (Lipinski definition) is 3. The van der Waals surface area contributed by atoms with E-state index in [2.05, 4.69) is 0 Å². The van der Waals surface area contributed by atoms with Crippen LogP contribution in [-0.4, -0.2) is 19.0 Å². The number of carbonyl (C=O) groups excluding carboxylic acids is 1. The van der Waals surface area contributed by atoms with Crippen LogP contribution in [0.3, 0.4) is 0 Å². The maximum absolute atomic E-state index is 12.2. The van der Waals surface area contributed by atoms with Gasteiger partial charge in [-0.05, 0) is 23.3 Å². The van der Waals surface area contributed by atoms with Gasteiger partial charge < -0.3 is 9.47 Å². The van der Waals surface area contributed by atoms with Crippen LogP contribution >= 0.6 is 0 Å². The van der Waals surface area contributed by atoms with Gasteiger partial charge in [0.15, 0.2) is 5.78 Å². The topological polar surface area (TPSA) is 35.5 Å². The Morgan fingerprint density at radius 3 is 2.55 bits per heavy atom. The Bertz CT molecular complexity index is 616. The highest BCUT2D eigenvalue weighted by Gasteiger charge is 2.30. The Morgan fingerprint density at radius 2 is 1.85 bits per heavy atom. The zero-order valence-corrected chi connectivity index (χ0v) is 11.3. The smallest absolute Gasteiger partial charge is 0.192 e. The summed E-state index contributed by atoms with van der Waals surface area (Å²) in [6.45, 7) is 0.439. The van der Waals surface area contributed by atoms with Crippen LogP contribution in [-0.2, 0) is 17.8 Å². The normalized spacial score (nSPS) is 17.1. The van der Waals surface area contributed by atoms with E-state index < -0.39 is 0 Å². The molecule has 0 saturated heterocycles. The number of methoxy groups -OCH3 is 1. The fourth-order valence-corrected chi connectivity index (χ4v) is 2.46. The molecule has 0 saturated carbocycles. The molecular formula is C17H16O3. The summed E-state index contributed by atoms with van der Waals surface area (Å²) in [6.07, 6.45) is 0.319. The van der Waals surface area contributed by atoms with Crippen LogP contribution in [0.25, 0.3) is 0 Å². The maximum atomic E-state index is 12.2. The number of benzene rings is 2. The number of rotatable bonds is 4. The van der Waals surface area contributed by atoms with Gasteiger partial charge in [0, 0.05) is 12.0 Å². The average Bonchev–Trinajstić information content (AvgIpc) is 2.83. The van der Waals surface area contributed by atoms with E-state index in [9.17, 15) is 4.79 Å². The quantitative estimate of drug-likeness (QED) is 0.855. The van der Waals surface area contributed by atoms with Crippen molar-refractivity contribution in [2.45, 2.75) is 19.1 Å². The van der Waals surface area contributed by atoms with Crippen molar-refractivity contribution in [2.24, 2.45) is 0 Å². The summed E-state index contributed by atoms with van der Waals surface area (Å²) in [5.41, 5.74) is 2.92.